The zero-order valence-electron chi connectivity index (χ0n) is 11.7. The van der Waals surface area contributed by atoms with Crippen LogP contribution in [0.3, 0.4) is 0 Å². The molecule has 0 aliphatic rings. The Balaban J connectivity index is 2.16. The van der Waals surface area contributed by atoms with Gasteiger partial charge in [-0.2, -0.15) is 0 Å². The third-order valence-corrected chi connectivity index (χ3v) is 3.71. The largest absolute Gasteiger partial charge is 0.507 e. The standard InChI is InChI=1S/C18H19NO/c1-2-3-10-19-17-8-9-18(20)16-12-14-7-5-4-6-13(14)11-15(16)17/h4-9,11-12,19-20H,2-3,10H2,1H3. The number of fused-ring (bicyclic) bond motifs is 2. The summed E-state index contributed by atoms with van der Waals surface area (Å²) in [7, 11) is 0. The van der Waals surface area contributed by atoms with Crippen molar-refractivity contribution in [2.24, 2.45) is 0 Å². The van der Waals surface area contributed by atoms with Crippen LogP contribution in [-0.4, -0.2) is 11.7 Å². The summed E-state index contributed by atoms with van der Waals surface area (Å²) in [4.78, 5) is 0. The lowest BCUT2D eigenvalue weighted by Gasteiger charge is -2.12. The molecule has 0 bridgehead atoms. The number of rotatable bonds is 4. The Labute approximate surface area is 119 Å². The van der Waals surface area contributed by atoms with Crippen molar-refractivity contribution < 1.29 is 5.11 Å². The van der Waals surface area contributed by atoms with Gasteiger partial charge in [-0.05, 0) is 41.5 Å². The molecule has 2 N–H and O–H groups in total. The second kappa shape index (κ2) is 5.41. The highest BCUT2D eigenvalue weighted by Crippen LogP contribution is 2.34. The Bertz CT molecular complexity index is 749. The van der Waals surface area contributed by atoms with Crippen LogP contribution < -0.4 is 5.32 Å². The number of phenolic OH excluding ortho intramolecular Hbond substituents is 1. The van der Waals surface area contributed by atoms with E-state index in [-0.39, 0.29) is 0 Å². The van der Waals surface area contributed by atoms with Gasteiger partial charge in [0.25, 0.3) is 0 Å². The van der Waals surface area contributed by atoms with Gasteiger partial charge in [0.1, 0.15) is 5.75 Å². The molecular weight excluding hydrogens is 246 g/mol. The summed E-state index contributed by atoms with van der Waals surface area (Å²) in [6.45, 7) is 3.15. The molecule has 0 atom stereocenters. The minimum absolute atomic E-state index is 0.340. The molecule has 0 aliphatic heterocycles. The highest BCUT2D eigenvalue weighted by Gasteiger charge is 2.06. The molecule has 3 aromatic carbocycles. The Morgan fingerprint density at radius 1 is 0.950 bits per heavy atom. The molecule has 3 aromatic rings. The molecule has 0 unspecified atom stereocenters. The molecule has 0 aromatic heterocycles. The van der Waals surface area contributed by atoms with E-state index in [1.54, 1.807) is 6.07 Å². The predicted octanol–water partition coefficient (Wildman–Crippen LogP) is 4.91. The van der Waals surface area contributed by atoms with E-state index in [0.717, 1.165) is 34.8 Å². The van der Waals surface area contributed by atoms with E-state index in [0.29, 0.717) is 5.75 Å². The van der Waals surface area contributed by atoms with Gasteiger partial charge in [0.05, 0.1) is 0 Å². The third kappa shape index (κ3) is 2.29. The van der Waals surface area contributed by atoms with Gasteiger partial charge in [-0.1, -0.05) is 37.6 Å². The Morgan fingerprint density at radius 3 is 2.35 bits per heavy atom. The van der Waals surface area contributed by atoms with Crippen molar-refractivity contribution in [1.82, 2.24) is 0 Å². The van der Waals surface area contributed by atoms with E-state index in [1.165, 1.54) is 11.8 Å². The molecule has 0 saturated carbocycles. The van der Waals surface area contributed by atoms with Gasteiger partial charge in [-0.3, -0.25) is 0 Å². The number of benzene rings is 3. The van der Waals surface area contributed by atoms with Crippen LogP contribution in [-0.2, 0) is 0 Å². The van der Waals surface area contributed by atoms with Gasteiger partial charge in [0.15, 0.2) is 0 Å². The maximum absolute atomic E-state index is 10.1. The fourth-order valence-corrected chi connectivity index (χ4v) is 2.57. The first-order chi connectivity index (χ1) is 9.79. The highest BCUT2D eigenvalue weighted by molar-refractivity contribution is 6.06. The maximum atomic E-state index is 10.1. The van der Waals surface area contributed by atoms with Crippen LogP contribution in [0.4, 0.5) is 5.69 Å². The lowest BCUT2D eigenvalue weighted by Crippen LogP contribution is -2.01. The van der Waals surface area contributed by atoms with Crippen molar-refractivity contribution in [3.8, 4) is 5.75 Å². The van der Waals surface area contributed by atoms with Crippen LogP contribution in [0, 0.1) is 0 Å². The van der Waals surface area contributed by atoms with Crippen molar-refractivity contribution in [1.29, 1.82) is 0 Å². The van der Waals surface area contributed by atoms with Crippen LogP contribution >= 0.6 is 0 Å². The first-order valence-electron chi connectivity index (χ1n) is 7.18. The van der Waals surface area contributed by atoms with Crippen molar-refractivity contribution in [3.63, 3.8) is 0 Å². The first-order valence-corrected chi connectivity index (χ1v) is 7.18. The summed E-state index contributed by atoms with van der Waals surface area (Å²) in [5.74, 6) is 0.340. The molecular formula is C18H19NO. The van der Waals surface area contributed by atoms with E-state index >= 15 is 0 Å². The number of hydrogen-bond acceptors (Lipinski definition) is 2. The second-order valence-electron chi connectivity index (χ2n) is 5.16. The summed E-state index contributed by atoms with van der Waals surface area (Å²) >= 11 is 0. The lowest BCUT2D eigenvalue weighted by atomic mass is 10.0. The van der Waals surface area contributed by atoms with E-state index in [4.69, 9.17) is 0 Å². The molecule has 2 nitrogen and oxygen atoms in total. The number of anilines is 1. The van der Waals surface area contributed by atoms with Crippen molar-refractivity contribution in [2.75, 3.05) is 11.9 Å². The van der Waals surface area contributed by atoms with Crippen LogP contribution in [0.5, 0.6) is 5.75 Å². The Hall–Kier alpha value is -2.22. The predicted molar refractivity (Wildman–Crippen MR) is 86.5 cm³/mol. The van der Waals surface area contributed by atoms with E-state index in [9.17, 15) is 5.11 Å². The van der Waals surface area contributed by atoms with Crippen molar-refractivity contribution in [2.45, 2.75) is 19.8 Å². The summed E-state index contributed by atoms with van der Waals surface area (Å²) < 4.78 is 0. The minimum Gasteiger partial charge on any atom is -0.507 e. The molecule has 0 heterocycles. The van der Waals surface area contributed by atoms with Gasteiger partial charge in [-0.25, -0.2) is 0 Å². The molecule has 0 aliphatic carbocycles. The first kappa shape index (κ1) is 12.8. The minimum atomic E-state index is 0.340. The van der Waals surface area contributed by atoms with Crippen LogP contribution in [0.25, 0.3) is 21.5 Å². The molecule has 102 valence electrons. The number of aromatic hydroxyl groups is 1. The van der Waals surface area contributed by atoms with Gasteiger partial charge < -0.3 is 10.4 Å². The number of phenols is 1. The molecule has 0 saturated heterocycles. The van der Waals surface area contributed by atoms with Crippen molar-refractivity contribution in [3.05, 3.63) is 48.5 Å². The molecule has 0 amide bonds. The van der Waals surface area contributed by atoms with Gasteiger partial charge in [-0.15, -0.1) is 0 Å². The molecule has 3 rings (SSSR count). The molecule has 0 spiro atoms. The molecule has 0 radical (unpaired) electrons. The Kier molecular flexibility index (Phi) is 3.46. The summed E-state index contributed by atoms with van der Waals surface area (Å²) in [5.41, 5.74) is 1.09. The van der Waals surface area contributed by atoms with Crippen LogP contribution in [0.15, 0.2) is 48.5 Å². The molecule has 2 heteroatoms. The normalized spacial score (nSPS) is 11.1. The van der Waals surface area contributed by atoms with Gasteiger partial charge >= 0.3 is 0 Å². The van der Waals surface area contributed by atoms with E-state index in [1.807, 2.05) is 18.2 Å². The number of nitrogens with one attached hydrogen (secondary N) is 1. The fraction of sp³-hybridized carbons (Fsp3) is 0.222. The van der Waals surface area contributed by atoms with Crippen LogP contribution in [0.1, 0.15) is 19.8 Å². The van der Waals surface area contributed by atoms with Gasteiger partial charge in [0.2, 0.25) is 0 Å². The Morgan fingerprint density at radius 2 is 1.65 bits per heavy atom. The monoisotopic (exact) mass is 265 g/mol. The van der Waals surface area contributed by atoms with E-state index < -0.39 is 0 Å². The number of hydrogen-bond donors (Lipinski definition) is 2. The average Bonchev–Trinajstić information content (AvgIpc) is 2.48. The summed E-state index contributed by atoms with van der Waals surface area (Å²) in [6, 6.07) is 16.2. The van der Waals surface area contributed by atoms with Crippen LogP contribution in [0.2, 0.25) is 0 Å². The summed E-state index contributed by atoms with van der Waals surface area (Å²) in [5, 5.41) is 17.9. The topological polar surface area (TPSA) is 32.3 Å². The quantitative estimate of drug-likeness (QED) is 0.399. The SMILES string of the molecule is CCCCNc1ccc(O)c2cc3ccccc3cc12. The lowest BCUT2D eigenvalue weighted by molar-refractivity contribution is 0.482. The zero-order valence-corrected chi connectivity index (χ0v) is 11.7. The fourth-order valence-electron chi connectivity index (χ4n) is 2.57. The third-order valence-electron chi connectivity index (χ3n) is 3.71. The van der Waals surface area contributed by atoms with Gasteiger partial charge in [0, 0.05) is 23.0 Å². The van der Waals surface area contributed by atoms with Crippen molar-refractivity contribution >= 4 is 27.2 Å². The molecule has 0 fully saturated rings. The smallest absolute Gasteiger partial charge is 0.123 e. The number of unbranched alkanes of at least 4 members (excludes halogenated alkanes) is 1. The van der Waals surface area contributed by atoms with E-state index in [2.05, 4.69) is 36.5 Å². The maximum Gasteiger partial charge on any atom is 0.123 e. The highest BCUT2D eigenvalue weighted by atomic mass is 16.3. The summed E-state index contributed by atoms with van der Waals surface area (Å²) in [6.07, 6.45) is 2.32. The zero-order chi connectivity index (χ0) is 13.9. The molecule has 20 heavy (non-hydrogen) atoms. The average molecular weight is 265 g/mol. The second-order valence-corrected chi connectivity index (χ2v) is 5.16.